The normalized spacial score (nSPS) is 16.1. The number of hydrogen-bond donors (Lipinski definition) is 2. The molecule has 0 fully saturated rings. The summed E-state index contributed by atoms with van der Waals surface area (Å²) in [6.45, 7) is 4.40. The minimum atomic E-state index is -0.503. The quantitative estimate of drug-likeness (QED) is 0.526. The molecule has 1 atom stereocenters. The number of carbonyl (C=O) groups is 2. The number of methoxy groups -OCH3 is 1. The number of nitrogens with one attached hydrogen (secondary N) is 2. The molecule has 0 unspecified atom stereocenters. The molecule has 0 aliphatic carbocycles. The number of ether oxygens (including phenoxy) is 1. The average molecular weight is 442 g/mol. The Balaban J connectivity index is 1.84. The monoisotopic (exact) mass is 441 g/mol. The molecule has 0 spiro atoms. The van der Waals surface area contributed by atoms with Crippen LogP contribution >= 0.6 is 12.2 Å². The first kappa shape index (κ1) is 22.4. The second-order valence-electron chi connectivity index (χ2n) is 7.09. The van der Waals surface area contributed by atoms with E-state index in [0.717, 1.165) is 11.3 Å². The van der Waals surface area contributed by atoms with Crippen LogP contribution in [0.4, 0.5) is 10.1 Å². The molecule has 1 aliphatic heterocycles. The van der Waals surface area contributed by atoms with Crippen molar-refractivity contribution in [1.82, 2.24) is 10.2 Å². The highest BCUT2D eigenvalue weighted by Gasteiger charge is 2.34. The lowest BCUT2D eigenvalue weighted by molar-refractivity contribution is -0.136. The first-order valence-corrected chi connectivity index (χ1v) is 10.3. The molecular formula is C23H24FN3O3S. The van der Waals surface area contributed by atoms with Gasteiger partial charge in [0.05, 0.1) is 25.1 Å². The highest BCUT2D eigenvalue weighted by atomic mass is 32.1. The predicted molar refractivity (Wildman–Crippen MR) is 121 cm³/mol. The Bertz CT molecular complexity index is 1040. The van der Waals surface area contributed by atoms with E-state index in [0.29, 0.717) is 28.5 Å². The highest BCUT2D eigenvalue weighted by Crippen LogP contribution is 2.32. The lowest BCUT2D eigenvalue weighted by Crippen LogP contribution is -2.47. The zero-order chi connectivity index (χ0) is 22.5. The third kappa shape index (κ3) is 5.08. The number of nitrogens with zero attached hydrogens (tertiary/aromatic N) is 1. The molecule has 2 aromatic carbocycles. The largest absolute Gasteiger partial charge is 0.466 e. The molecule has 31 heavy (non-hydrogen) atoms. The number of anilines is 1. The van der Waals surface area contributed by atoms with Gasteiger partial charge in [-0.25, -0.2) is 9.18 Å². The van der Waals surface area contributed by atoms with Crippen molar-refractivity contribution in [2.45, 2.75) is 26.3 Å². The number of hydrogen-bond acceptors (Lipinski definition) is 4. The fraction of sp³-hybridized carbons (Fsp3) is 0.261. The molecule has 6 nitrogen and oxygen atoms in total. The first-order valence-electron chi connectivity index (χ1n) is 9.85. The third-order valence-electron chi connectivity index (χ3n) is 5.10. The summed E-state index contributed by atoms with van der Waals surface area (Å²) in [4.78, 5) is 26.8. The molecule has 2 N–H and O–H groups in total. The van der Waals surface area contributed by atoms with Crippen LogP contribution in [0.15, 0.2) is 59.8 Å². The van der Waals surface area contributed by atoms with E-state index in [9.17, 15) is 14.0 Å². The smallest absolute Gasteiger partial charge is 0.337 e. The zero-order valence-electron chi connectivity index (χ0n) is 17.6. The van der Waals surface area contributed by atoms with Gasteiger partial charge in [0.1, 0.15) is 5.82 Å². The van der Waals surface area contributed by atoms with Crippen LogP contribution in [0.3, 0.4) is 0 Å². The fourth-order valence-corrected chi connectivity index (χ4v) is 3.96. The van der Waals surface area contributed by atoms with Crippen LogP contribution in [0.25, 0.3) is 0 Å². The molecule has 0 radical (unpaired) electrons. The number of halogens is 1. The fourth-order valence-electron chi connectivity index (χ4n) is 3.58. The number of thiocarbonyl (C=S) groups is 1. The molecule has 162 valence electrons. The summed E-state index contributed by atoms with van der Waals surface area (Å²) in [6.07, 6.45) is 0.119. The third-order valence-corrected chi connectivity index (χ3v) is 5.44. The van der Waals surface area contributed by atoms with Crippen molar-refractivity contribution in [1.29, 1.82) is 0 Å². The van der Waals surface area contributed by atoms with E-state index in [2.05, 4.69) is 10.6 Å². The van der Waals surface area contributed by atoms with Gasteiger partial charge in [0.25, 0.3) is 0 Å². The van der Waals surface area contributed by atoms with E-state index in [4.69, 9.17) is 17.0 Å². The summed E-state index contributed by atoms with van der Waals surface area (Å²) >= 11 is 5.47. The van der Waals surface area contributed by atoms with Gasteiger partial charge in [0, 0.05) is 17.9 Å². The van der Waals surface area contributed by atoms with Crippen molar-refractivity contribution in [3.63, 3.8) is 0 Å². The Morgan fingerprint density at radius 3 is 2.58 bits per heavy atom. The van der Waals surface area contributed by atoms with Crippen molar-refractivity contribution in [3.05, 3.63) is 76.7 Å². The van der Waals surface area contributed by atoms with Gasteiger partial charge in [-0.1, -0.05) is 24.3 Å². The zero-order valence-corrected chi connectivity index (χ0v) is 18.4. The van der Waals surface area contributed by atoms with Crippen molar-refractivity contribution in [2.75, 3.05) is 19.0 Å². The van der Waals surface area contributed by atoms with Gasteiger partial charge in [-0.05, 0) is 61.5 Å². The summed E-state index contributed by atoms with van der Waals surface area (Å²) in [5.41, 5.74) is 3.25. The molecule has 0 saturated heterocycles. The molecule has 0 saturated carbocycles. The molecular weight excluding hydrogens is 417 g/mol. The molecule has 3 rings (SSSR count). The number of allylic oxidation sites excluding steroid dienone is 1. The molecule has 1 aliphatic rings. The van der Waals surface area contributed by atoms with E-state index < -0.39 is 12.0 Å². The van der Waals surface area contributed by atoms with Crippen LogP contribution in [0.2, 0.25) is 0 Å². The lowest BCUT2D eigenvalue weighted by Gasteiger charge is -2.37. The van der Waals surface area contributed by atoms with Gasteiger partial charge >= 0.3 is 5.97 Å². The second-order valence-corrected chi connectivity index (χ2v) is 7.48. The maximum atomic E-state index is 13.1. The Hall–Kier alpha value is -3.26. The number of benzene rings is 2. The van der Waals surface area contributed by atoms with Crippen LogP contribution in [0.1, 0.15) is 31.0 Å². The summed E-state index contributed by atoms with van der Waals surface area (Å²) < 4.78 is 18.1. The van der Waals surface area contributed by atoms with Crippen molar-refractivity contribution in [3.8, 4) is 0 Å². The minimum absolute atomic E-state index is 0.119. The van der Waals surface area contributed by atoms with Gasteiger partial charge in [-0.15, -0.1) is 0 Å². The maximum absolute atomic E-state index is 13.1. The Morgan fingerprint density at radius 2 is 1.94 bits per heavy atom. The molecule has 0 bridgehead atoms. The maximum Gasteiger partial charge on any atom is 0.337 e. The van der Waals surface area contributed by atoms with Crippen molar-refractivity contribution >= 4 is 34.9 Å². The van der Waals surface area contributed by atoms with Crippen LogP contribution in [-0.2, 0) is 20.7 Å². The second kappa shape index (κ2) is 9.70. The van der Waals surface area contributed by atoms with E-state index in [1.165, 1.54) is 19.2 Å². The minimum Gasteiger partial charge on any atom is -0.466 e. The molecule has 1 amide bonds. The SMILES string of the molecule is CCN1C(=S)N[C@H](c2cccc(NC(=O)Cc3ccc(F)cc3)c2)C(C(=O)OC)=C1C. The predicted octanol–water partition coefficient (Wildman–Crippen LogP) is 3.71. The molecule has 0 aromatic heterocycles. The molecule has 8 heteroatoms. The molecule has 1 heterocycles. The summed E-state index contributed by atoms with van der Waals surface area (Å²) in [5, 5.41) is 6.57. The van der Waals surface area contributed by atoms with Gasteiger partial charge in [0.15, 0.2) is 5.11 Å². The van der Waals surface area contributed by atoms with Crippen molar-refractivity contribution in [2.24, 2.45) is 0 Å². The number of rotatable bonds is 6. The Morgan fingerprint density at radius 1 is 1.23 bits per heavy atom. The standard InChI is InChI=1S/C23H24FN3O3S/c1-4-27-14(2)20(22(29)30-3)21(26-23(27)31)16-6-5-7-18(13-16)25-19(28)12-15-8-10-17(24)11-9-15/h5-11,13,21H,4,12H2,1-3H3,(H,25,28)(H,26,31)/t21-/m1/s1. The Labute approximate surface area is 186 Å². The van der Waals surface area contributed by atoms with Crippen LogP contribution < -0.4 is 10.6 Å². The van der Waals surface area contributed by atoms with Gasteiger partial charge in [-0.3, -0.25) is 4.79 Å². The first-order chi connectivity index (χ1) is 14.8. The van der Waals surface area contributed by atoms with Gasteiger partial charge < -0.3 is 20.3 Å². The van der Waals surface area contributed by atoms with E-state index in [-0.39, 0.29) is 18.1 Å². The summed E-state index contributed by atoms with van der Waals surface area (Å²) in [5.74, 6) is -1.02. The lowest BCUT2D eigenvalue weighted by atomic mass is 9.94. The van der Waals surface area contributed by atoms with E-state index in [1.807, 2.05) is 24.8 Å². The van der Waals surface area contributed by atoms with Gasteiger partial charge in [0.2, 0.25) is 5.91 Å². The van der Waals surface area contributed by atoms with E-state index in [1.54, 1.807) is 30.3 Å². The average Bonchev–Trinajstić information content (AvgIpc) is 2.75. The van der Waals surface area contributed by atoms with Crippen LogP contribution in [0, 0.1) is 5.82 Å². The molecule has 2 aromatic rings. The van der Waals surface area contributed by atoms with Crippen LogP contribution in [-0.4, -0.2) is 35.5 Å². The van der Waals surface area contributed by atoms with Gasteiger partial charge in [-0.2, -0.15) is 0 Å². The summed E-state index contributed by atoms with van der Waals surface area (Å²) in [6, 6.07) is 12.5. The van der Waals surface area contributed by atoms with Crippen LogP contribution in [0.5, 0.6) is 0 Å². The summed E-state index contributed by atoms with van der Waals surface area (Å²) in [7, 11) is 1.34. The number of amides is 1. The number of carbonyl (C=O) groups excluding carboxylic acids is 2. The topological polar surface area (TPSA) is 70.7 Å². The van der Waals surface area contributed by atoms with Crippen molar-refractivity contribution < 1.29 is 18.7 Å². The van der Waals surface area contributed by atoms with E-state index >= 15 is 0 Å². The number of esters is 1. The highest BCUT2D eigenvalue weighted by molar-refractivity contribution is 7.80. The Kier molecular flexibility index (Phi) is 7.02.